The van der Waals surface area contributed by atoms with E-state index in [1.165, 1.54) is 11.8 Å². The first-order valence-corrected chi connectivity index (χ1v) is 6.98. The van der Waals surface area contributed by atoms with Gasteiger partial charge in [0.15, 0.2) is 5.16 Å². The van der Waals surface area contributed by atoms with Gasteiger partial charge in [-0.15, -0.1) is 5.10 Å². The van der Waals surface area contributed by atoms with Crippen LogP contribution in [0.4, 0.5) is 5.69 Å². The normalized spacial score (nSPS) is 11.1. The number of nitrogen functional groups attached to an aromatic ring is 1. The molecule has 0 bridgehead atoms. The molecule has 0 aliphatic rings. The molecule has 0 unspecified atom stereocenters. The third kappa shape index (κ3) is 2.27. The summed E-state index contributed by atoms with van der Waals surface area (Å²) in [6, 6.07) is 9.44. The van der Waals surface area contributed by atoms with Crippen LogP contribution in [0.5, 0.6) is 0 Å². The predicted molar refractivity (Wildman–Crippen MR) is 78.8 cm³/mol. The Morgan fingerprint density at radius 2 is 2.20 bits per heavy atom. The fraction of sp³-hybridized carbons (Fsp3) is 0.154. The first kappa shape index (κ1) is 12.7. The number of hydrogen-bond acceptors (Lipinski definition) is 5. The summed E-state index contributed by atoms with van der Waals surface area (Å²) in [6.45, 7) is 2.47. The van der Waals surface area contributed by atoms with Crippen LogP contribution in [0.2, 0.25) is 0 Å². The van der Waals surface area contributed by atoms with E-state index in [9.17, 15) is 4.79 Å². The molecule has 1 aromatic carbocycles. The molecule has 7 heteroatoms. The van der Waals surface area contributed by atoms with Crippen LogP contribution in [0.15, 0.2) is 45.3 Å². The van der Waals surface area contributed by atoms with Gasteiger partial charge < -0.3 is 5.73 Å². The molecule has 102 valence electrons. The van der Waals surface area contributed by atoms with E-state index >= 15 is 0 Å². The van der Waals surface area contributed by atoms with E-state index in [0.29, 0.717) is 17.4 Å². The van der Waals surface area contributed by atoms with Crippen molar-refractivity contribution >= 4 is 28.4 Å². The lowest BCUT2D eigenvalue weighted by Crippen LogP contribution is -2.16. The minimum Gasteiger partial charge on any atom is -0.399 e. The number of H-pyrrole nitrogens is 1. The molecule has 0 saturated carbocycles. The van der Waals surface area contributed by atoms with Crippen molar-refractivity contribution < 1.29 is 0 Å². The number of nitrogens with one attached hydrogen (secondary N) is 1. The zero-order valence-corrected chi connectivity index (χ0v) is 11.6. The van der Waals surface area contributed by atoms with Crippen LogP contribution in [0, 0.1) is 0 Å². The minimum absolute atomic E-state index is 0.205. The maximum atomic E-state index is 11.5. The number of aromatic amines is 1. The van der Waals surface area contributed by atoms with E-state index in [4.69, 9.17) is 5.73 Å². The smallest absolute Gasteiger partial charge is 0.343 e. The lowest BCUT2D eigenvalue weighted by Gasteiger charge is -2.04. The molecule has 3 N–H and O–H groups in total. The Morgan fingerprint density at radius 1 is 1.35 bits per heavy atom. The van der Waals surface area contributed by atoms with Crippen LogP contribution in [-0.2, 0) is 6.54 Å². The molecule has 3 aromatic rings. The van der Waals surface area contributed by atoms with Gasteiger partial charge in [-0.1, -0.05) is 6.07 Å². The van der Waals surface area contributed by atoms with Crippen molar-refractivity contribution in [2.45, 2.75) is 23.7 Å². The standard InChI is InChI=1S/C13H13N5OS/c1-2-18-12(19)16-17-13(18)20-11-6-3-8-7-9(14)4-5-10(8)15-11/h3-7H,2,14H2,1H3,(H,16,19). The van der Waals surface area contributed by atoms with Crippen molar-refractivity contribution in [1.82, 2.24) is 19.7 Å². The summed E-state index contributed by atoms with van der Waals surface area (Å²) in [5, 5.41) is 8.84. The van der Waals surface area contributed by atoms with E-state index in [-0.39, 0.29) is 5.69 Å². The van der Waals surface area contributed by atoms with Gasteiger partial charge in [0.05, 0.1) is 5.52 Å². The summed E-state index contributed by atoms with van der Waals surface area (Å²) in [6.07, 6.45) is 0. The monoisotopic (exact) mass is 287 g/mol. The van der Waals surface area contributed by atoms with Crippen LogP contribution in [0.3, 0.4) is 0 Å². The number of aromatic nitrogens is 4. The molecule has 20 heavy (non-hydrogen) atoms. The van der Waals surface area contributed by atoms with Crippen LogP contribution in [-0.4, -0.2) is 19.7 Å². The van der Waals surface area contributed by atoms with E-state index < -0.39 is 0 Å². The Morgan fingerprint density at radius 3 is 3.00 bits per heavy atom. The molecule has 2 aromatic heterocycles. The number of benzene rings is 1. The number of anilines is 1. The third-order valence-corrected chi connectivity index (χ3v) is 3.85. The average molecular weight is 287 g/mol. The van der Waals surface area contributed by atoms with E-state index in [1.807, 2.05) is 37.3 Å². The Balaban J connectivity index is 1.98. The maximum absolute atomic E-state index is 11.5. The van der Waals surface area contributed by atoms with Gasteiger partial charge in [-0.25, -0.2) is 14.9 Å². The quantitative estimate of drug-likeness (QED) is 0.718. The molecule has 0 saturated heterocycles. The molecule has 0 spiro atoms. The topological polar surface area (TPSA) is 89.6 Å². The summed E-state index contributed by atoms with van der Waals surface area (Å²) < 4.78 is 1.57. The zero-order chi connectivity index (χ0) is 14.1. The molecule has 2 heterocycles. The fourth-order valence-corrected chi connectivity index (χ4v) is 2.82. The minimum atomic E-state index is -0.205. The van der Waals surface area contributed by atoms with Crippen molar-refractivity contribution in [2.24, 2.45) is 0 Å². The number of hydrogen-bond donors (Lipinski definition) is 2. The summed E-state index contributed by atoms with van der Waals surface area (Å²) in [4.78, 5) is 16.0. The second-order valence-corrected chi connectivity index (χ2v) is 5.25. The molecule has 0 radical (unpaired) electrons. The molecule has 0 fully saturated rings. The molecule has 3 rings (SSSR count). The Bertz CT molecular complexity index is 823. The van der Waals surface area contributed by atoms with Crippen molar-refractivity contribution in [3.8, 4) is 0 Å². The second kappa shape index (κ2) is 5.01. The van der Waals surface area contributed by atoms with Crippen molar-refractivity contribution in [2.75, 3.05) is 5.73 Å². The molecule has 6 nitrogen and oxygen atoms in total. The van der Waals surface area contributed by atoms with Gasteiger partial charge in [0.25, 0.3) is 0 Å². The van der Waals surface area contributed by atoms with Gasteiger partial charge in [0, 0.05) is 17.6 Å². The summed E-state index contributed by atoms with van der Waals surface area (Å²) in [7, 11) is 0. The van der Waals surface area contributed by atoms with Crippen LogP contribution < -0.4 is 11.4 Å². The van der Waals surface area contributed by atoms with Crippen LogP contribution >= 0.6 is 11.8 Å². The number of nitrogens with zero attached hydrogens (tertiary/aromatic N) is 3. The summed E-state index contributed by atoms with van der Waals surface area (Å²) in [5.74, 6) is 0. The van der Waals surface area contributed by atoms with Crippen LogP contribution in [0.1, 0.15) is 6.92 Å². The highest BCUT2D eigenvalue weighted by Crippen LogP contribution is 2.26. The fourth-order valence-electron chi connectivity index (χ4n) is 1.94. The molecular formula is C13H13N5OS. The maximum Gasteiger partial charge on any atom is 0.343 e. The first-order valence-electron chi connectivity index (χ1n) is 6.16. The van der Waals surface area contributed by atoms with Gasteiger partial charge in [-0.05, 0) is 43.0 Å². The van der Waals surface area contributed by atoms with Crippen molar-refractivity contribution in [3.63, 3.8) is 0 Å². The van der Waals surface area contributed by atoms with E-state index in [1.54, 1.807) is 4.57 Å². The molecule has 0 amide bonds. The molecule has 0 atom stereocenters. The highest BCUT2D eigenvalue weighted by molar-refractivity contribution is 7.99. The highest BCUT2D eigenvalue weighted by Gasteiger charge is 2.09. The summed E-state index contributed by atoms with van der Waals surface area (Å²) in [5.41, 5.74) is 7.12. The Kier molecular flexibility index (Phi) is 3.19. The lowest BCUT2D eigenvalue weighted by atomic mass is 10.2. The molecular weight excluding hydrogens is 274 g/mol. The summed E-state index contributed by atoms with van der Waals surface area (Å²) >= 11 is 1.36. The van der Waals surface area contributed by atoms with Gasteiger partial charge in [-0.3, -0.25) is 4.57 Å². The predicted octanol–water partition coefficient (Wildman–Crippen LogP) is 1.87. The number of fused-ring (bicyclic) bond motifs is 1. The Hall–Kier alpha value is -2.28. The third-order valence-electron chi connectivity index (χ3n) is 2.92. The van der Waals surface area contributed by atoms with Crippen molar-refractivity contribution in [3.05, 3.63) is 40.8 Å². The van der Waals surface area contributed by atoms with Gasteiger partial charge in [0.1, 0.15) is 5.03 Å². The van der Waals surface area contributed by atoms with Gasteiger partial charge in [-0.2, -0.15) is 0 Å². The SMILES string of the molecule is CCn1c(Sc2ccc3cc(N)ccc3n2)n[nH]c1=O. The number of pyridine rings is 1. The lowest BCUT2D eigenvalue weighted by molar-refractivity contribution is 0.660. The zero-order valence-electron chi connectivity index (χ0n) is 10.8. The van der Waals surface area contributed by atoms with Gasteiger partial charge in [0.2, 0.25) is 0 Å². The van der Waals surface area contributed by atoms with Crippen LogP contribution in [0.25, 0.3) is 10.9 Å². The number of nitrogens with two attached hydrogens (primary N) is 1. The van der Waals surface area contributed by atoms with E-state index in [2.05, 4.69) is 15.2 Å². The second-order valence-electron chi connectivity index (χ2n) is 4.26. The average Bonchev–Trinajstić information content (AvgIpc) is 2.79. The molecule has 0 aliphatic heterocycles. The number of rotatable bonds is 3. The largest absolute Gasteiger partial charge is 0.399 e. The van der Waals surface area contributed by atoms with E-state index in [0.717, 1.165) is 15.9 Å². The first-order chi connectivity index (χ1) is 9.67. The Labute approximate surface area is 119 Å². The highest BCUT2D eigenvalue weighted by atomic mass is 32.2. The molecule has 0 aliphatic carbocycles. The van der Waals surface area contributed by atoms with Crippen molar-refractivity contribution in [1.29, 1.82) is 0 Å². The van der Waals surface area contributed by atoms with Gasteiger partial charge >= 0.3 is 5.69 Å².